The Hall–Kier alpha value is -3.32. The topological polar surface area (TPSA) is 80.9 Å². The second kappa shape index (κ2) is 8.14. The lowest BCUT2D eigenvalue weighted by Gasteiger charge is -2.01. The van der Waals surface area contributed by atoms with Crippen LogP contribution >= 0.6 is 11.3 Å². The van der Waals surface area contributed by atoms with Gasteiger partial charge in [0.25, 0.3) is 5.91 Å². The molecule has 0 aliphatic rings. The summed E-state index contributed by atoms with van der Waals surface area (Å²) in [6.07, 6.45) is 0.940. The van der Waals surface area contributed by atoms with Crippen LogP contribution in [0.5, 0.6) is 0 Å². The van der Waals surface area contributed by atoms with Gasteiger partial charge in [-0.3, -0.25) is 4.79 Å². The summed E-state index contributed by atoms with van der Waals surface area (Å²) in [6, 6.07) is 16.9. The van der Waals surface area contributed by atoms with Crippen LogP contribution in [0.3, 0.4) is 0 Å². The van der Waals surface area contributed by atoms with E-state index in [0.717, 1.165) is 28.2 Å². The van der Waals surface area contributed by atoms with Crippen molar-refractivity contribution in [3.63, 3.8) is 0 Å². The molecule has 7 heteroatoms. The Morgan fingerprint density at radius 2 is 1.79 bits per heavy atom. The molecule has 0 bridgehead atoms. The van der Waals surface area contributed by atoms with Crippen LogP contribution < -0.4 is 5.32 Å². The number of carbonyl (C=O) groups excluding carboxylic acids is 1. The monoisotopic (exact) mass is 390 g/mol. The average Bonchev–Trinajstić information content (AvgIpc) is 3.42. The maximum atomic E-state index is 12.1. The highest BCUT2D eigenvalue weighted by Gasteiger charge is 2.11. The van der Waals surface area contributed by atoms with Gasteiger partial charge in [0, 0.05) is 22.1 Å². The molecule has 0 aliphatic carbocycles. The molecule has 4 rings (SSSR count). The van der Waals surface area contributed by atoms with Gasteiger partial charge in [0.1, 0.15) is 0 Å². The van der Waals surface area contributed by atoms with Crippen LogP contribution in [0.15, 0.2) is 64.5 Å². The quantitative estimate of drug-likeness (QED) is 0.529. The Morgan fingerprint density at radius 1 is 1.04 bits per heavy atom. The second-order valence-corrected chi connectivity index (χ2v) is 7.06. The number of nitrogens with one attached hydrogen (secondary N) is 1. The number of nitrogens with zero attached hydrogens (tertiary/aromatic N) is 3. The Kier molecular flexibility index (Phi) is 5.25. The number of hydrogen-bond donors (Lipinski definition) is 1. The van der Waals surface area contributed by atoms with Crippen molar-refractivity contribution in [3.05, 3.63) is 76.4 Å². The summed E-state index contributed by atoms with van der Waals surface area (Å²) in [6.45, 7) is 2.28. The molecule has 0 radical (unpaired) electrons. The molecule has 0 fully saturated rings. The van der Waals surface area contributed by atoms with E-state index in [0.29, 0.717) is 17.3 Å². The zero-order chi connectivity index (χ0) is 19.3. The first-order valence-corrected chi connectivity index (χ1v) is 9.82. The average molecular weight is 390 g/mol. The predicted molar refractivity (Wildman–Crippen MR) is 108 cm³/mol. The number of carbonyl (C=O) groups is 1. The lowest BCUT2D eigenvalue weighted by atomic mass is 10.1. The summed E-state index contributed by atoms with van der Waals surface area (Å²) in [4.78, 5) is 21.0. The fourth-order valence-electron chi connectivity index (χ4n) is 2.69. The van der Waals surface area contributed by atoms with Crippen LogP contribution in [0.4, 0.5) is 0 Å². The van der Waals surface area contributed by atoms with Crippen LogP contribution in [0.25, 0.3) is 22.6 Å². The molecule has 1 N–H and O–H groups in total. The Bertz CT molecular complexity index is 1070. The predicted octanol–water partition coefficient (Wildman–Crippen LogP) is 4.35. The highest BCUT2D eigenvalue weighted by atomic mass is 32.1. The number of hydrogen-bond acceptors (Lipinski definition) is 6. The molecule has 6 nitrogen and oxygen atoms in total. The van der Waals surface area contributed by atoms with Gasteiger partial charge < -0.3 is 9.84 Å². The Morgan fingerprint density at radius 3 is 2.50 bits per heavy atom. The van der Waals surface area contributed by atoms with Gasteiger partial charge in [-0.15, -0.1) is 11.3 Å². The van der Waals surface area contributed by atoms with Crippen LogP contribution in [0, 0.1) is 0 Å². The third-order valence-corrected chi connectivity index (χ3v) is 5.19. The van der Waals surface area contributed by atoms with Crippen molar-refractivity contribution in [2.75, 3.05) is 0 Å². The molecule has 2 aromatic carbocycles. The van der Waals surface area contributed by atoms with Gasteiger partial charge in [-0.1, -0.05) is 54.5 Å². The number of aromatic nitrogens is 3. The first kappa shape index (κ1) is 18.1. The number of thiazole rings is 1. The van der Waals surface area contributed by atoms with Crippen LogP contribution in [0.1, 0.15) is 28.2 Å². The van der Waals surface area contributed by atoms with Crippen molar-refractivity contribution in [1.82, 2.24) is 20.4 Å². The van der Waals surface area contributed by atoms with Crippen LogP contribution in [-0.2, 0) is 13.0 Å². The normalized spacial score (nSPS) is 10.8. The standard InChI is InChI=1S/C21H18N4O2S/c1-2-19-23-17(13-28-19)14-8-10-15(11-9-14)20-24-18(27-25-20)12-22-21(26)16-6-4-3-5-7-16/h3-11,13H,2,12H2,1H3,(H,22,26). The lowest BCUT2D eigenvalue weighted by Crippen LogP contribution is -2.22. The van der Waals surface area contributed by atoms with Crippen molar-refractivity contribution >= 4 is 17.2 Å². The molecular formula is C21H18N4O2S. The first-order valence-electron chi connectivity index (χ1n) is 8.94. The minimum atomic E-state index is -0.181. The van der Waals surface area contributed by atoms with Crippen LogP contribution in [0.2, 0.25) is 0 Å². The summed E-state index contributed by atoms with van der Waals surface area (Å²) >= 11 is 1.67. The molecule has 0 unspecified atom stereocenters. The lowest BCUT2D eigenvalue weighted by molar-refractivity contribution is 0.0946. The van der Waals surface area contributed by atoms with Crippen molar-refractivity contribution < 1.29 is 9.32 Å². The molecule has 1 amide bonds. The summed E-state index contributed by atoms with van der Waals surface area (Å²) in [5.74, 6) is 0.665. The minimum Gasteiger partial charge on any atom is -0.343 e. The van der Waals surface area contributed by atoms with Crippen molar-refractivity contribution in [1.29, 1.82) is 0 Å². The highest BCUT2D eigenvalue weighted by Crippen LogP contribution is 2.25. The van der Waals surface area contributed by atoms with Gasteiger partial charge >= 0.3 is 0 Å². The second-order valence-electron chi connectivity index (χ2n) is 6.12. The third kappa shape index (κ3) is 3.99. The van der Waals surface area contributed by atoms with E-state index in [4.69, 9.17) is 4.52 Å². The van der Waals surface area contributed by atoms with E-state index in [9.17, 15) is 4.79 Å². The Labute approximate surface area is 166 Å². The molecule has 4 aromatic rings. The van der Waals surface area contributed by atoms with E-state index >= 15 is 0 Å². The minimum absolute atomic E-state index is 0.178. The van der Waals surface area contributed by atoms with Crippen molar-refractivity contribution in [2.45, 2.75) is 19.9 Å². The molecule has 2 aromatic heterocycles. The molecule has 28 heavy (non-hydrogen) atoms. The van der Waals surface area contributed by atoms with Crippen LogP contribution in [-0.4, -0.2) is 21.0 Å². The molecule has 140 valence electrons. The number of aryl methyl sites for hydroxylation is 1. The zero-order valence-corrected chi connectivity index (χ0v) is 16.1. The molecular weight excluding hydrogens is 372 g/mol. The smallest absolute Gasteiger partial charge is 0.251 e. The van der Waals surface area contributed by atoms with E-state index in [2.05, 4.69) is 32.7 Å². The maximum absolute atomic E-state index is 12.1. The fourth-order valence-corrected chi connectivity index (χ4v) is 3.44. The molecule has 0 aliphatic heterocycles. The van der Waals surface area contributed by atoms with E-state index in [1.165, 1.54) is 0 Å². The molecule has 0 saturated heterocycles. The maximum Gasteiger partial charge on any atom is 0.251 e. The van der Waals surface area contributed by atoms with E-state index in [1.807, 2.05) is 42.5 Å². The Balaban J connectivity index is 1.41. The largest absolute Gasteiger partial charge is 0.343 e. The first-order chi connectivity index (χ1) is 13.7. The molecule has 0 spiro atoms. The third-order valence-electron chi connectivity index (χ3n) is 4.20. The number of benzene rings is 2. The van der Waals surface area contributed by atoms with Crippen molar-refractivity contribution in [2.24, 2.45) is 0 Å². The number of amides is 1. The SMILES string of the molecule is CCc1nc(-c2ccc(-c3noc(CNC(=O)c4ccccc4)n3)cc2)cs1. The van der Waals surface area contributed by atoms with Gasteiger partial charge in [0.15, 0.2) is 0 Å². The summed E-state index contributed by atoms with van der Waals surface area (Å²) in [5.41, 5.74) is 3.47. The molecule has 0 atom stereocenters. The van der Waals surface area contributed by atoms with Gasteiger partial charge in [0.05, 0.1) is 17.2 Å². The highest BCUT2D eigenvalue weighted by molar-refractivity contribution is 7.09. The van der Waals surface area contributed by atoms with Gasteiger partial charge in [-0.25, -0.2) is 4.98 Å². The van der Waals surface area contributed by atoms with E-state index in [-0.39, 0.29) is 12.5 Å². The van der Waals surface area contributed by atoms with Gasteiger partial charge in [0.2, 0.25) is 11.7 Å². The summed E-state index contributed by atoms with van der Waals surface area (Å²) in [7, 11) is 0. The van der Waals surface area contributed by atoms with Crippen molar-refractivity contribution in [3.8, 4) is 22.6 Å². The van der Waals surface area contributed by atoms with Gasteiger partial charge in [-0.2, -0.15) is 4.98 Å². The molecule has 2 heterocycles. The summed E-state index contributed by atoms with van der Waals surface area (Å²) < 4.78 is 5.25. The van der Waals surface area contributed by atoms with Gasteiger partial charge in [-0.05, 0) is 18.6 Å². The zero-order valence-electron chi connectivity index (χ0n) is 15.3. The molecule has 0 saturated carbocycles. The fraction of sp³-hybridized carbons (Fsp3) is 0.143. The number of rotatable bonds is 6. The van der Waals surface area contributed by atoms with E-state index in [1.54, 1.807) is 23.5 Å². The van der Waals surface area contributed by atoms with E-state index < -0.39 is 0 Å². The summed E-state index contributed by atoms with van der Waals surface area (Å²) in [5, 5.41) is 9.97.